The summed E-state index contributed by atoms with van der Waals surface area (Å²) < 4.78 is 1.07. The largest absolute Gasteiger partial charge is 0.320 e. The van der Waals surface area contributed by atoms with E-state index < -0.39 is 6.04 Å². The maximum Gasteiger partial charge on any atom is 0.242 e. The predicted octanol–water partition coefficient (Wildman–Crippen LogP) is 1.89. The summed E-state index contributed by atoms with van der Waals surface area (Å²) in [6.45, 7) is 3.65. The lowest BCUT2D eigenvalue weighted by Gasteiger charge is -2.03. The number of thiazole rings is 1. The predicted molar refractivity (Wildman–Crippen MR) is 66.6 cm³/mol. The number of nitrogens with one attached hydrogen (secondary N) is 1. The minimum atomic E-state index is -0.520. The Hall–Kier alpha value is -1.46. The Labute approximate surface area is 97.5 Å². The van der Waals surface area contributed by atoms with Crippen LogP contribution >= 0.6 is 11.3 Å². The fourth-order valence-corrected chi connectivity index (χ4v) is 2.31. The number of aryl methyl sites for hydroxylation is 1. The highest BCUT2D eigenvalue weighted by atomic mass is 32.1. The molecular weight excluding hydrogens is 222 g/mol. The van der Waals surface area contributed by atoms with Crippen molar-refractivity contribution < 1.29 is 4.79 Å². The topological polar surface area (TPSA) is 68.0 Å². The van der Waals surface area contributed by atoms with Gasteiger partial charge < -0.3 is 11.1 Å². The lowest BCUT2D eigenvalue weighted by atomic mass is 10.2. The Kier molecular flexibility index (Phi) is 2.89. The number of fused-ring (bicyclic) bond motifs is 1. The Bertz CT molecular complexity index is 533. The highest BCUT2D eigenvalue weighted by molar-refractivity contribution is 7.22. The molecule has 1 atom stereocenters. The van der Waals surface area contributed by atoms with Crippen molar-refractivity contribution in [2.24, 2.45) is 5.73 Å². The number of benzene rings is 1. The molecule has 16 heavy (non-hydrogen) atoms. The third-order valence-electron chi connectivity index (χ3n) is 2.26. The first-order chi connectivity index (χ1) is 7.58. The Morgan fingerprint density at radius 3 is 2.94 bits per heavy atom. The summed E-state index contributed by atoms with van der Waals surface area (Å²) in [6, 6.07) is 5.45. The van der Waals surface area contributed by atoms with Crippen molar-refractivity contribution in [3.05, 3.63) is 23.8 Å². The molecule has 0 saturated heterocycles. The van der Waals surface area contributed by atoms with E-state index in [1.165, 1.54) is 11.3 Å². The van der Waals surface area contributed by atoms with E-state index in [0.717, 1.165) is 15.8 Å². The van der Waals surface area contributed by atoms with Crippen molar-refractivity contribution >= 4 is 32.6 Å². The van der Waals surface area contributed by atoms with Gasteiger partial charge in [0.1, 0.15) is 0 Å². The van der Waals surface area contributed by atoms with E-state index in [-0.39, 0.29) is 5.91 Å². The highest BCUT2D eigenvalue weighted by Crippen LogP contribution is 2.27. The number of amides is 1. The zero-order valence-electron chi connectivity index (χ0n) is 9.15. The van der Waals surface area contributed by atoms with Crippen molar-refractivity contribution in [1.82, 2.24) is 4.98 Å². The summed E-state index contributed by atoms with van der Waals surface area (Å²) in [5.41, 5.74) is 7.52. The molecule has 0 aliphatic heterocycles. The summed E-state index contributed by atoms with van der Waals surface area (Å²) in [6.07, 6.45) is 0. The van der Waals surface area contributed by atoms with Crippen LogP contribution in [-0.2, 0) is 4.79 Å². The molecule has 0 fully saturated rings. The molecule has 5 heteroatoms. The van der Waals surface area contributed by atoms with Gasteiger partial charge in [-0.15, -0.1) is 0 Å². The van der Waals surface area contributed by atoms with Crippen molar-refractivity contribution in [1.29, 1.82) is 0 Å². The second kappa shape index (κ2) is 4.19. The maximum atomic E-state index is 11.4. The Balaban J connectivity index is 2.33. The fourth-order valence-electron chi connectivity index (χ4n) is 1.36. The molecule has 3 N–H and O–H groups in total. The van der Waals surface area contributed by atoms with Gasteiger partial charge in [0, 0.05) is 0 Å². The number of hydrogen-bond acceptors (Lipinski definition) is 4. The van der Waals surface area contributed by atoms with Crippen LogP contribution < -0.4 is 11.1 Å². The molecule has 2 rings (SSSR count). The normalized spacial score (nSPS) is 12.7. The van der Waals surface area contributed by atoms with Crippen LogP contribution in [0.4, 0.5) is 5.13 Å². The minimum Gasteiger partial charge on any atom is -0.320 e. The number of aromatic nitrogens is 1. The SMILES string of the molecule is Cc1cccc2sc(NC(=O)[C@@H](C)N)nc12. The van der Waals surface area contributed by atoms with Gasteiger partial charge in [-0.25, -0.2) is 4.98 Å². The first kappa shape index (κ1) is 11.0. The third-order valence-corrected chi connectivity index (χ3v) is 3.20. The van der Waals surface area contributed by atoms with E-state index in [9.17, 15) is 4.79 Å². The minimum absolute atomic E-state index is 0.211. The van der Waals surface area contributed by atoms with Crippen LogP contribution in [0, 0.1) is 6.92 Å². The summed E-state index contributed by atoms with van der Waals surface area (Å²) in [7, 11) is 0. The Morgan fingerprint density at radius 1 is 1.56 bits per heavy atom. The van der Waals surface area contributed by atoms with Crippen LogP contribution in [0.2, 0.25) is 0 Å². The number of nitrogens with two attached hydrogens (primary N) is 1. The van der Waals surface area contributed by atoms with Gasteiger partial charge in [-0.1, -0.05) is 23.5 Å². The van der Waals surface area contributed by atoms with Gasteiger partial charge in [0.2, 0.25) is 5.91 Å². The van der Waals surface area contributed by atoms with Crippen LogP contribution in [0.3, 0.4) is 0 Å². The number of rotatable bonds is 2. The average molecular weight is 235 g/mol. The number of hydrogen-bond donors (Lipinski definition) is 2. The molecule has 1 aromatic carbocycles. The van der Waals surface area contributed by atoms with E-state index >= 15 is 0 Å². The molecule has 0 aliphatic rings. The van der Waals surface area contributed by atoms with E-state index in [1.807, 2.05) is 25.1 Å². The quantitative estimate of drug-likeness (QED) is 0.835. The molecular formula is C11H13N3OS. The van der Waals surface area contributed by atoms with Crippen molar-refractivity contribution in [3.8, 4) is 0 Å². The Morgan fingerprint density at radius 2 is 2.31 bits per heavy atom. The molecule has 0 radical (unpaired) electrons. The van der Waals surface area contributed by atoms with E-state index in [2.05, 4.69) is 10.3 Å². The molecule has 1 heterocycles. The molecule has 1 amide bonds. The van der Waals surface area contributed by atoms with Crippen molar-refractivity contribution in [2.45, 2.75) is 19.9 Å². The highest BCUT2D eigenvalue weighted by Gasteiger charge is 2.11. The average Bonchev–Trinajstić information content (AvgIpc) is 2.61. The van der Waals surface area contributed by atoms with Crippen molar-refractivity contribution in [2.75, 3.05) is 5.32 Å². The van der Waals surface area contributed by atoms with Crippen molar-refractivity contribution in [3.63, 3.8) is 0 Å². The molecule has 0 bridgehead atoms. The number of carbonyl (C=O) groups excluding carboxylic acids is 1. The van der Waals surface area contributed by atoms with Gasteiger partial charge in [-0.2, -0.15) is 0 Å². The molecule has 0 unspecified atom stereocenters. The zero-order chi connectivity index (χ0) is 11.7. The number of para-hydroxylation sites is 1. The molecule has 2 aromatic rings. The number of carbonyl (C=O) groups is 1. The maximum absolute atomic E-state index is 11.4. The molecule has 4 nitrogen and oxygen atoms in total. The van der Waals surface area contributed by atoms with E-state index in [1.54, 1.807) is 6.92 Å². The number of anilines is 1. The second-order valence-corrected chi connectivity index (χ2v) is 4.75. The van der Waals surface area contributed by atoms with E-state index in [0.29, 0.717) is 5.13 Å². The summed E-state index contributed by atoms with van der Waals surface area (Å²) in [5.74, 6) is -0.211. The van der Waals surface area contributed by atoms with Crippen LogP contribution in [0.1, 0.15) is 12.5 Å². The van der Waals surface area contributed by atoms with E-state index in [4.69, 9.17) is 5.73 Å². The van der Waals surface area contributed by atoms with Crippen LogP contribution in [0.25, 0.3) is 10.2 Å². The van der Waals surface area contributed by atoms with Gasteiger partial charge in [0.25, 0.3) is 0 Å². The van der Waals surface area contributed by atoms with Gasteiger partial charge in [0.05, 0.1) is 16.3 Å². The van der Waals surface area contributed by atoms with Gasteiger partial charge in [0.15, 0.2) is 5.13 Å². The smallest absolute Gasteiger partial charge is 0.242 e. The monoisotopic (exact) mass is 235 g/mol. The van der Waals surface area contributed by atoms with Crippen LogP contribution in [0.15, 0.2) is 18.2 Å². The first-order valence-electron chi connectivity index (χ1n) is 5.00. The van der Waals surface area contributed by atoms with Gasteiger partial charge in [-0.3, -0.25) is 4.79 Å². The summed E-state index contributed by atoms with van der Waals surface area (Å²) in [5, 5.41) is 3.30. The standard InChI is InChI=1S/C11H13N3OS/c1-6-4-3-5-8-9(6)13-11(16-8)14-10(15)7(2)12/h3-5,7H,12H2,1-2H3,(H,13,14,15)/t7-/m1/s1. The molecule has 1 aromatic heterocycles. The van der Waals surface area contributed by atoms with Gasteiger partial charge in [-0.05, 0) is 25.5 Å². The van der Waals surface area contributed by atoms with Gasteiger partial charge >= 0.3 is 0 Å². The molecule has 0 aliphatic carbocycles. The second-order valence-electron chi connectivity index (χ2n) is 3.72. The molecule has 84 valence electrons. The molecule has 0 spiro atoms. The summed E-state index contributed by atoms with van der Waals surface area (Å²) in [4.78, 5) is 15.8. The fraction of sp³-hybridized carbons (Fsp3) is 0.273. The summed E-state index contributed by atoms with van der Waals surface area (Å²) >= 11 is 1.46. The first-order valence-corrected chi connectivity index (χ1v) is 5.82. The van der Waals surface area contributed by atoms with Crippen LogP contribution in [0.5, 0.6) is 0 Å². The zero-order valence-corrected chi connectivity index (χ0v) is 9.97. The lowest BCUT2D eigenvalue weighted by Crippen LogP contribution is -2.32. The molecule has 0 saturated carbocycles. The van der Waals surface area contributed by atoms with Crippen LogP contribution in [-0.4, -0.2) is 16.9 Å². The number of nitrogens with zero attached hydrogens (tertiary/aromatic N) is 1. The third kappa shape index (κ3) is 2.05. The lowest BCUT2D eigenvalue weighted by molar-refractivity contribution is -0.117.